The molecule has 0 aromatic heterocycles. The average molecular weight is 376 g/mol. The zero-order valence-corrected chi connectivity index (χ0v) is 15.0. The van der Waals surface area contributed by atoms with Crippen molar-refractivity contribution in [3.63, 3.8) is 0 Å². The molecular formula is C20H16N4O2S. The highest BCUT2D eigenvalue weighted by Crippen LogP contribution is 2.19. The number of hydrogen-bond acceptors (Lipinski definition) is 4. The van der Waals surface area contributed by atoms with Gasteiger partial charge in [0, 0.05) is 17.8 Å². The first-order chi connectivity index (χ1) is 13.1. The molecule has 0 aliphatic carbocycles. The molecule has 0 saturated carbocycles. The number of hydrazone groups is 1. The maximum atomic E-state index is 10.8. The standard InChI is InChI=1S/C20H16N4O2S/c25-24(26)19-13-11-17(12-14-19)22-20(27)23(18-9-5-2-6-10-18)21-15-16-7-3-1-4-8-16/h1-15H,(H,22,27)/b21-15+. The summed E-state index contributed by atoms with van der Waals surface area (Å²) in [7, 11) is 0. The monoisotopic (exact) mass is 376 g/mol. The van der Waals surface area contributed by atoms with Gasteiger partial charge in [0.2, 0.25) is 0 Å². The molecule has 0 atom stereocenters. The molecule has 3 aromatic rings. The Balaban J connectivity index is 1.82. The molecule has 0 radical (unpaired) electrons. The van der Waals surface area contributed by atoms with E-state index < -0.39 is 4.92 Å². The predicted octanol–water partition coefficient (Wildman–Crippen LogP) is 4.83. The van der Waals surface area contributed by atoms with Gasteiger partial charge >= 0.3 is 0 Å². The van der Waals surface area contributed by atoms with E-state index in [1.165, 1.54) is 12.1 Å². The summed E-state index contributed by atoms with van der Waals surface area (Å²) in [4.78, 5) is 10.3. The predicted molar refractivity (Wildman–Crippen MR) is 112 cm³/mol. The molecule has 7 heteroatoms. The van der Waals surface area contributed by atoms with Gasteiger partial charge in [-0.05, 0) is 42.0 Å². The van der Waals surface area contributed by atoms with Crippen molar-refractivity contribution in [1.29, 1.82) is 0 Å². The fourth-order valence-electron chi connectivity index (χ4n) is 2.31. The number of para-hydroxylation sites is 1. The second-order valence-electron chi connectivity index (χ2n) is 5.54. The molecule has 0 unspecified atom stereocenters. The summed E-state index contributed by atoms with van der Waals surface area (Å²) in [6.45, 7) is 0. The van der Waals surface area contributed by atoms with Crippen LogP contribution in [0, 0.1) is 10.1 Å². The molecule has 3 rings (SSSR count). The summed E-state index contributed by atoms with van der Waals surface area (Å²) in [5.41, 5.74) is 2.40. The molecular weight excluding hydrogens is 360 g/mol. The van der Waals surface area contributed by atoms with Crippen molar-refractivity contribution < 1.29 is 4.92 Å². The van der Waals surface area contributed by atoms with Crippen molar-refractivity contribution in [2.24, 2.45) is 5.10 Å². The van der Waals surface area contributed by atoms with Crippen molar-refractivity contribution in [3.05, 3.63) is 101 Å². The van der Waals surface area contributed by atoms with Gasteiger partial charge in [-0.25, -0.2) is 5.01 Å². The lowest BCUT2D eigenvalue weighted by Crippen LogP contribution is -2.30. The van der Waals surface area contributed by atoms with Crippen LogP contribution in [0.2, 0.25) is 0 Å². The highest BCUT2D eigenvalue weighted by atomic mass is 32.1. The van der Waals surface area contributed by atoms with Gasteiger partial charge in [-0.2, -0.15) is 5.10 Å². The minimum atomic E-state index is -0.442. The summed E-state index contributed by atoms with van der Waals surface area (Å²) in [5.74, 6) is 0. The quantitative estimate of drug-likeness (QED) is 0.299. The minimum absolute atomic E-state index is 0.0217. The number of rotatable bonds is 5. The van der Waals surface area contributed by atoms with Crippen molar-refractivity contribution in [2.75, 3.05) is 10.3 Å². The van der Waals surface area contributed by atoms with E-state index in [1.807, 2.05) is 60.7 Å². The van der Waals surface area contributed by atoms with Crippen LogP contribution >= 0.6 is 12.2 Å². The van der Waals surface area contributed by atoms with Gasteiger partial charge in [-0.15, -0.1) is 0 Å². The molecule has 0 aliphatic rings. The second kappa shape index (κ2) is 8.68. The Morgan fingerprint density at radius 1 is 0.963 bits per heavy atom. The lowest BCUT2D eigenvalue weighted by atomic mass is 10.2. The first kappa shape index (κ1) is 18.2. The van der Waals surface area contributed by atoms with E-state index in [1.54, 1.807) is 23.4 Å². The van der Waals surface area contributed by atoms with Gasteiger partial charge in [0.25, 0.3) is 5.69 Å². The van der Waals surface area contributed by atoms with Gasteiger partial charge in [0.15, 0.2) is 5.11 Å². The Kier molecular flexibility index (Phi) is 5.86. The van der Waals surface area contributed by atoms with Gasteiger partial charge in [-0.3, -0.25) is 10.1 Å². The lowest BCUT2D eigenvalue weighted by molar-refractivity contribution is -0.384. The number of nitro groups is 1. The lowest BCUT2D eigenvalue weighted by Gasteiger charge is -2.20. The fraction of sp³-hybridized carbons (Fsp3) is 0. The van der Waals surface area contributed by atoms with E-state index in [0.717, 1.165) is 11.3 Å². The average Bonchev–Trinajstić information content (AvgIpc) is 2.70. The van der Waals surface area contributed by atoms with Gasteiger partial charge in [0.05, 0.1) is 16.8 Å². The van der Waals surface area contributed by atoms with Crippen LogP contribution in [0.5, 0.6) is 0 Å². The number of anilines is 2. The van der Waals surface area contributed by atoms with Crippen molar-refractivity contribution in [1.82, 2.24) is 0 Å². The van der Waals surface area contributed by atoms with Gasteiger partial charge < -0.3 is 5.32 Å². The van der Waals surface area contributed by atoms with Crippen LogP contribution in [0.25, 0.3) is 0 Å². The summed E-state index contributed by atoms with van der Waals surface area (Å²) < 4.78 is 0. The summed E-state index contributed by atoms with van der Waals surface area (Å²) in [6, 6.07) is 25.2. The summed E-state index contributed by atoms with van der Waals surface area (Å²) in [5, 5.41) is 20.3. The van der Waals surface area contributed by atoms with E-state index >= 15 is 0 Å². The number of benzene rings is 3. The molecule has 27 heavy (non-hydrogen) atoms. The number of nitro benzene ring substituents is 1. The molecule has 0 fully saturated rings. The van der Waals surface area contributed by atoms with Crippen LogP contribution in [-0.2, 0) is 0 Å². The van der Waals surface area contributed by atoms with E-state index in [9.17, 15) is 10.1 Å². The number of nitrogens with one attached hydrogen (secondary N) is 1. The largest absolute Gasteiger partial charge is 0.331 e. The van der Waals surface area contributed by atoms with E-state index in [0.29, 0.717) is 10.8 Å². The van der Waals surface area contributed by atoms with E-state index in [-0.39, 0.29) is 5.69 Å². The van der Waals surface area contributed by atoms with Gasteiger partial charge in [-0.1, -0.05) is 48.5 Å². The Morgan fingerprint density at radius 2 is 1.56 bits per heavy atom. The molecule has 0 spiro atoms. The third-order valence-corrected chi connectivity index (χ3v) is 3.92. The normalized spacial score (nSPS) is 10.5. The SMILES string of the molecule is O=[N+]([O-])c1ccc(NC(=S)N(/N=C/c2ccccc2)c2ccccc2)cc1. The molecule has 0 heterocycles. The van der Waals surface area contributed by atoms with Crippen LogP contribution < -0.4 is 10.3 Å². The minimum Gasteiger partial charge on any atom is -0.331 e. The second-order valence-corrected chi connectivity index (χ2v) is 5.92. The highest BCUT2D eigenvalue weighted by molar-refractivity contribution is 7.80. The molecule has 0 amide bonds. The van der Waals surface area contributed by atoms with Crippen LogP contribution in [0.15, 0.2) is 90.0 Å². The molecule has 0 saturated heterocycles. The highest BCUT2D eigenvalue weighted by Gasteiger charge is 2.12. The molecule has 1 N–H and O–H groups in total. The topological polar surface area (TPSA) is 70.8 Å². The van der Waals surface area contributed by atoms with Crippen LogP contribution in [-0.4, -0.2) is 16.3 Å². The number of non-ortho nitro benzene ring substituents is 1. The molecule has 0 bridgehead atoms. The third-order valence-electron chi connectivity index (χ3n) is 3.64. The van der Waals surface area contributed by atoms with Crippen LogP contribution in [0.3, 0.4) is 0 Å². The molecule has 6 nitrogen and oxygen atoms in total. The smallest absolute Gasteiger partial charge is 0.269 e. The number of hydrogen-bond donors (Lipinski definition) is 1. The van der Waals surface area contributed by atoms with Crippen molar-refractivity contribution >= 4 is 40.6 Å². The van der Waals surface area contributed by atoms with E-state index in [4.69, 9.17) is 12.2 Å². The van der Waals surface area contributed by atoms with Crippen molar-refractivity contribution in [2.45, 2.75) is 0 Å². The molecule has 3 aromatic carbocycles. The maximum Gasteiger partial charge on any atom is 0.269 e. The first-order valence-electron chi connectivity index (χ1n) is 8.13. The van der Waals surface area contributed by atoms with Crippen LogP contribution in [0.4, 0.5) is 17.1 Å². The third kappa shape index (κ3) is 4.96. The van der Waals surface area contributed by atoms with Gasteiger partial charge in [0.1, 0.15) is 0 Å². The Morgan fingerprint density at radius 3 is 2.15 bits per heavy atom. The Hall–Kier alpha value is -3.58. The van der Waals surface area contributed by atoms with E-state index in [2.05, 4.69) is 10.4 Å². The zero-order chi connectivity index (χ0) is 19.1. The first-order valence-corrected chi connectivity index (χ1v) is 8.54. The number of nitrogens with zero attached hydrogens (tertiary/aromatic N) is 3. The van der Waals surface area contributed by atoms with Crippen LogP contribution in [0.1, 0.15) is 5.56 Å². The van der Waals surface area contributed by atoms with Crippen molar-refractivity contribution in [3.8, 4) is 0 Å². The molecule has 0 aliphatic heterocycles. The summed E-state index contributed by atoms with van der Waals surface area (Å²) >= 11 is 5.51. The molecule has 134 valence electrons. The fourth-order valence-corrected chi connectivity index (χ4v) is 2.58. The zero-order valence-electron chi connectivity index (χ0n) is 14.2. The number of thiocarbonyl (C=S) groups is 1. The Bertz CT molecular complexity index is 945. The Labute approximate surface area is 161 Å². The maximum absolute atomic E-state index is 10.8. The summed E-state index contributed by atoms with van der Waals surface area (Å²) in [6.07, 6.45) is 1.72.